The van der Waals surface area contributed by atoms with Crippen molar-refractivity contribution in [3.8, 4) is 11.1 Å². The van der Waals surface area contributed by atoms with Crippen LogP contribution in [0, 0.1) is 0 Å². The van der Waals surface area contributed by atoms with Crippen LogP contribution in [0.1, 0.15) is 132 Å². The molecule has 9 rings (SSSR count). The molecule has 4 aromatic rings. The molecule has 0 radical (unpaired) electrons. The van der Waals surface area contributed by atoms with Gasteiger partial charge in [0.2, 0.25) is 23.6 Å². The number of benzene rings is 2. The molecule has 1 atom stereocenters. The van der Waals surface area contributed by atoms with E-state index in [9.17, 15) is 37.5 Å². The van der Waals surface area contributed by atoms with Crippen molar-refractivity contribution in [1.82, 2.24) is 39.6 Å². The number of amides is 6. The van der Waals surface area contributed by atoms with Crippen molar-refractivity contribution in [2.45, 2.75) is 115 Å². The molecule has 1 unspecified atom stereocenters. The molecule has 0 aliphatic carbocycles. The molecule has 5 aliphatic rings. The number of fused-ring (bicyclic) bond motifs is 3. The fraction of sp³-hybridized carbons (Fsp3) is 0.489. The molecule has 0 bridgehead atoms. The number of alkyl halides is 2. The van der Waals surface area contributed by atoms with Gasteiger partial charge in [0.15, 0.2) is 5.82 Å². The number of halogens is 2. The number of carbonyl (C=O) groups is 6. The number of aryl methyl sites for hydroxylation is 3. The lowest BCUT2D eigenvalue weighted by Gasteiger charge is -2.34. The molecule has 0 spiro atoms. The van der Waals surface area contributed by atoms with E-state index < -0.39 is 36.1 Å². The summed E-state index contributed by atoms with van der Waals surface area (Å²) in [6.07, 6.45) is 8.64. The van der Waals surface area contributed by atoms with Crippen LogP contribution in [0.4, 0.5) is 20.3 Å². The second-order valence-corrected chi connectivity index (χ2v) is 17.7. The molecular formula is C47H53F2N9O6. The number of imide groups is 2. The van der Waals surface area contributed by atoms with Gasteiger partial charge in [0.25, 0.3) is 18.2 Å². The van der Waals surface area contributed by atoms with E-state index in [1.54, 1.807) is 49.2 Å². The van der Waals surface area contributed by atoms with Gasteiger partial charge in [0.1, 0.15) is 6.04 Å². The van der Waals surface area contributed by atoms with Gasteiger partial charge in [-0.15, -0.1) is 0 Å². The Bertz CT molecular complexity index is 2540. The summed E-state index contributed by atoms with van der Waals surface area (Å²) >= 11 is 0. The van der Waals surface area contributed by atoms with Gasteiger partial charge in [-0.1, -0.05) is 25.0 Å². The molecule has 2 aromatic carbocycles. The van der Waals surface area contributed by atoms with Gasteiger partial charge in [-0.05, 0) is 86.3 Å². The molecule has 17 heteroatoms. The lowest BCUT2D eigenvalue weighted by molar-refractivity contribution is -0.136. The second kappa shape index (κ2) is 17.7. The highest BCUT2D eigenvalue weighted by Crippen LogP contribution is 2.44. The molecular weight excluding hydrogens is 825 g/mol. The quantitative estimate of drug-likeness (QED) is 0.134. The highest BCUT2D eigenvalue weighted by Gasteiger charge is 2.45. The van der Waals surface area contributed by atoms with E-state index in [-0.39, 0.29) is 41.8 Å². The van der Waals surface area contributed by atoms with Crippen molar-refractivity contribution in [3.63, 3.8) is 0 Å². The molecule has 336 valence electrons. The standard InChI is InChI=1S/C47H53F2N9O6/c1-28(59)55-22-18-37-36(27-55)44(56-19-8-11-30-23-34(31-25-50-53(2)26-31)35(43(48)49)24-39(30)56)52-58(37)32-16-20-54(21-17-32)41(61)13-6-4-3-5-9-29-10-7-12-33-42(29)47(64)57(46(33)63)38-14-15-40(60)51-45(38)62/h7,10,12,23-26,32,38,43H,3-6,8-9,11,13-22,27H2,1-2H3,(H,51,60,62). The summed E-state index contributed by atoms with van der Waals surface area (Å²) < 4.78 is 33.1. The van der Waals surface area contributed by atoms with Crippen molar-refractivity contribution in [1.29, 1.82) is 0 Å². The number of hydrogen-bond acceptors (Lipinski definition) is 9. The van der Waals surface area contributed by atoms with E-state index in [1.165, 1.54) is 0 Å². The minimum Gasteiger partial charge on any atom is -0.343 e. The van der Waals surface area contributed by atoms with Gasteiger partial charge >= 0.3 is 0 Å². The van der Waals surface area contributed by atoms with Crippen LogP contribution in [-0.4, -0.2) is 102 Å². The molecule has 0 saturated carbocycles. The van der Waals surface area contributed by atoms with Crippen LogP contribution in [0.15, 0.2) is 42.7 Å². The lowest BCUT2D eigenvalue weighted by atomic mass is 9.92. The summed E-state index contributed by atoms with van der Waals surface area (Å²) in [5, 5.41) is 11.7. The number of carbonyl (C=O) groups excluding carboxylic acids is 6. The highest BCUT2D eigenvalue weighted by molar-refractivity contribution is 6.24. The number of anilines is 2. The van der Waals surface area contributed by atoms with Gasteiger partial charge in [-0.3, -0.25) is 48.3 Å². The maximum Gasteiger partial charge on any atom is 0.264 e. The minimum atomic E-state index is -2.69. The number of likely N-dealkylation sites (tertiary alicyclic amines) is 1. The number of piperidine rings is 2. The Morgan fingerprint density at radius 1 is 0.891 bits per heavy atom. The molecule has 64 heavy (non-hydrogen) atoms. The zero-order valence-electron chi connectivity index (χ0n) is 36.3. The Morgan fingerprint density at radius 2 is 1.69 bits per heavy atom. The van der Waals surface area contributed by atoms with Crippen LogP contribution in [0.5, 0.6) is 0 Å². The van der Waals surface area contributed by atoms with E-state index in [0.29, 0.717) is 74.5 Å². The predicted octanol–water partition coefficient (Wildman–Crippen LogP) is 5.97. The van der Waals surface area contributed by atoms with Crippen LogP contribution in [0.2, 0.25) is 0 Å². The maximum atomic E-state index is 14.7. The first-order valence-corrected chi connectivity index (χ1v) is 22.6. The molecule has 5 aliphatic heterocycles. The van der Waals surface area contributed by atoms with Crippen molar-refractivity contribution in [2.75, 3.05) is 31.1 Å². The topological polar surface area (TPSA) is 163 Å². The van der Waals surface area contributed by atoms with Crippen LogP contribution in [-0.2, 0) is 52.0 Å². The molecule has 2 saturated heterocycles. The molecule has 7 heterocycles. The van der Waals surface area contributed by atoms with Crippen molar-refractivity contribution >= 4 is 46.9 Å². The third-order valence-corrected chi connectivity index (χ3v) is 13.7. The van der Waals surface area contributed by atoms with Crippen molar-refractivity contribution in [3.05, 3.63) is 81.8 Å². The number of rotatable bonds is 12. The van der Waals surface area contributed by atoms with E-state index in [1.807, 2.05) is 21.9 Å². The van der Waals surface area contributed by atoms with E-state index in [4.69, 9.17) is 5.10 Å². The summed E-state index contributed by atoms with van der Waals surface area (Å²) in [6.45, 7) is 4.33. The molecule has 2 fully saturated rings. The number of unbranched alkanes of at least 4 members (excludes halogenated alkanes) is 3. The van der Waals surface area contributed by atoms with Gasteiger partial charge in [-0.25, -0.2) is 8.78 Å². The summed E-state index contributed by atoms with van der Waals surface area (Å²) in [5.41, 5.74) is 6.14. The smallest absolute Gasteiger partial charge is 0.264 e. The highest BCUT2D eigenvalue weighted by atomic mass is 19.3. The van der Waals surface area contributed by atoms with Crippen LogP contribution >= 0.6 is 0 Å². The molecule has 6 amide bonds. The fourth-order valence-corrected chi connectivity index (χ4v) is 10.3. The normalized spacial score (nSPS) is 19.0. The lowest BCUT2D eigenvalue weighted by Crippen LogP contribution is -2.54. The zero-order valence-corrected chi connectivity index (χ0v) is 36.3. The van der Waals surface area contributed by atoms with Gasteiger partial charge in [0.05, 0.1) is 29.9 Å². The first kappa shape index (κ1) is 43.0. The Balaban J connectivity index is 0.815. The first-order valence-electron chi connectivity index (χ1n) is 22.6. The monoisotopic (exact) mass is 877 g/mol. The van der Waals surface area contributed by atoms with Crippen LogP contribution < -0.4 is 10.2 Å². The van der Waals surface area contributed by atoms with Gasteiger partial charge in [0, 0.05) is 93.7 Å². The van der Waals surface area contributed by atoms with Gasteiger partial charge < -0.3 is 14.7 Å². The minimum absolute atomic E-state index is 0.0232. The molecule has 15 nitrogen and oxygen atoms in total. The Morgan fingerprint density at radius 3 is 2.42 bits per heavy atom. The number of hydrogen-bond donors (Lipinski definition) is 1. The van der Waals surface area contributed by atoms with Crippen LogP contribution in [0.25, 0.3) is 11.1 Å². The average Bonchev–Trinajstić information content (AvgIpc) is 3.97. The summed E-state index contributed by atoms with van der Waals surface area (Å²) in [6, 6.07) is 7.72. The Kier molecular flexibility index (Phi) is 11.9. The summed E-state index contributed by atoms with van der Waals surface area (Å²) in [4.78, 5) is 83.7. The van der Waals surface area contributed by atoms with Crippen molar-refractivity contribution < 1.29 is 37.5 Å². The van der Waals surface area contributed by atoms with E-state index in [0.717, 1.165) is 84.3 Å². The number of aromatic nitrogens is 4. The predicted molar refractivity (Wildman–Crippen MR) is 231 cm³/mol. The number of nitrogens with zero attached hydrogens (tertiary/aromatic N) is 8. The van der Waals surface area contributed by atoms with E-state index >= 15 is 0 Å². The average molecular weight is 878 g/mol. The fourth-order valence-electron chi connectivity index (χ4n) is 10.3. The molecule has 2 aromatic heterocycles. The van der Waals surface area contributed by atoms with E-state index in [2.05, 4.69) is 20.0 Å². The SMILES string of the molecule is CC(=O)N1CCc2c(c(N3CCCc4cc(-c5cnn(C)c5)c(C(F)F)cc43)nn2C2CCN(C(=O)CCCCCCc3cccc4c3C(=O)N(C3CCC(=O)NC3=O)C4=O)CC2)C1. The molecule has 1 N–H and O–H groups in total. The van der Waals surface area contributed by atoms with Crippen LogP contribution in [0.3, 0.4) is 0 Å². The summed E-state index contributed by atoms with van der Waals surface area (Å²) in [7, 11) is 1.77. The summed E-state index contributed by atoms with van der Waals surface area (Å²) in [5.74, 6) is -1.26. The Hall–Kier alpha value is -6.26. The first-order chi connectivity index (χ1) is 30.9. The Labute approximate surface area is 369 Å². The third-order valence-electron chi connectivity index (χ3n) is 13.7. The van der Waals surface area contributed by atoms with Gasteiger partial charge in [-0.2, -0.15) is 10.2 Å². The second-order valence-electron chi connectivity index (χ2n) is 17.7. The third kappa shape index (κ3) is 8.08. The number of nitrogens with one attached hydrogen (secondary N) is 1. The van der Waals surface area contributed by atoms with Crippen molar-refractivity contribution in [2.24, 2.45) is 7.05 Å². The largest absolute Gasteiger partial charge is 0.343 e. The maximum absolute atomic E-state index is 14.7. The zero-order chi connectivity index (χ0) is 44.8.